The molecule has 0 saturated carbocycles. The van der Waals surface area contributed by atoms with Gasteiger partial charge in [-0.25, -0.2) is 0 Å². The molecule has 0 aliphatic carbocycles. The SMILES string of the molecule is [CH]C(=O)[O-]. The van der Waals surface area contributed by atoms with Gasteiger partial charge in [-0.1, -0.05) is 0 Å². The van der Waals surface area contributed by atoms with Crippen molar-refractivity contribution in [2.75, 3.05) is 0 Å². The molecular weight excluding hydrogens is 56.0 g/mol. The maximum Gasteiger partial charge on any atom is 0.0458 e. The summed E-state index contributed by atoms with van der Waals surface area (Å²) >= 11 is 0. The van der Waals surface area contributed by atoms with Gasteiger partial charge in [0.25, 0.3) is 0 Å². The molecule has 0 unspecified atom stereocenters. The zero-order valence-corrected chi connectivity index (χ0v) is 1.89. The van der Waals surface area contributed by atoms with Crippen molar-refractivity contribution in [3.8, 4) is 0 Å². The highest BCUT2D eigenvalue weighted by atomic mass is 16.4. The van der Waals surface area contributed by atoms with Gasteiger partial charge < -0.3 is 9.90 Å². The quantitative estimate of drug-likeness (QED) is 0.337. The molecule has 2 radical (unpaired) electrons. The predicted molar refractivity (Wildman–Crippen MR) is 9.31 cm³/mol. The summed E-state index contributed by atoms with van der Waals surface area (Å²) in [4.78, 5) is 8.67. The Labute approximate surface area is 24.1 Å². The Morgan fingerprint density at radius 1 is 2.00 bits per heavy atom. The summed E-state index contributed by atoms with van der Waals surface area (Å²) in [6, 6.07) is 0. The maximum absolute atomic E-state index is 8.67. The molecule has 22 valence electrons. The third-order valence-corrected chi connectivity index (χ3v) is 0. The average molecular weight is 57.0 g/mol. The summed E-state index contributed by atoms with van der Waals surface area (Å²) in [5.74, 6) is -1.58. The standard InChI is InChI=1S/C2H2O2/c1-2(3)4/h1H,(H,3,4)/p-1. The molecule has 0 bridgehead atoms. The second-order valence-corrected chi connectivity index (χ2v) is 0.319. The molecule has 0 spiro atoms. The molecule has 0 aromatic rings. The van der Waals surface area contributed by atoms with Crippen LogP contribution < -0.4 is 5.11 Å². The molecule has 2 nitrogen and oxygen atoms in total. The van der Waals surface area contributed by atoms with Crippen LogP contribution in [0, 0.1) is 6.92 Å². The van der Waals surface area contributed by atoms with Gasteiger partial charge in [0, 0.05) is 12.9 Å². The van der Waals surface area contributed by atoms with Gasteiger partial charge in [0.2, 0.25) is 0 Å². The van der Waals surface area contributed by atoms with Crippen LogP contribution >= 0.6 is 0 Å². The largest absolute Gasteiger partial charge is 0.550 e. The van der Waals surface area contributed by atoms with E-state index in [1.807, 2.05) is 0 Å². The fourth-order valence-corrected chi connectivity index (χ4v) is 0. The Kier molecular flexibility index (Phi) is 0.759. The van der Waals surface area contributed by atoms with Crippen LogP contribution in [0.1, 0.15) is 0 Å². The number of aliphatic carboxylic acids is 1. The monoisotopic (exact) mass is 57.0 g/mol. The van der Waals surface area contributed by atoms with E-state index in [0.29, 0.717) is 0 Å². The normalized spacial score (nSPS) is 6.25. The number of carbonyl (C=O) groups excluding carboxylic acids is 1. The van der Waals surface area contributed by atoms with Gasteiger partial charge >= 0.3 is 0 Å². The van der Waals surface area contributed by atoms with Crippen molar-refractivity contribution in [1.82, 2.24) is 0 Å². The van der Waals surface area contributed by atoms with Gasteiger partial charge in [-0.3, -0.25) is 0 Å². The minimum atomic E-state index is -1.58. The second-order valence-electron chi connectivity index (χ2n) is 0.319. The van der Waals surface area contributed by atoms with Crippen molar-refractivity contribution in [2.24, 2.45) is 0 Å². The lowest BCUT2D eigenvalue weighted by molar-refractivity contribution is -0.298. The molecular formula is C2HO2-. The van der Waals surface area contributed by atoms with E-state index in [2.05, 4.69) is 6.92 Å². The lowest BCUT2D eigenvalue weighted by Crippen LogP contribution is -2.16. The summed E-state index contributed by atoms with van der Waals surface area (Å²) in [5, 5.41) is 8.67. The molecule has 0 N–H and O–H groups in total. The maximum atomic E-state index is 8.67. The molecule has 0 heterocycles. The van der Waals surface area contributed by atoms with Gasteiger partial charge in [-0.05, 0) is 0 Å². The molecule has 0 aliphatic rings. The number of carboxylic acids is 1. The van der Waals surface area contributed by atoms with E-state index >= 15 is 0 Å². The van der Waals surface area contributed by atoms with Gasteiger partial charge in [0.15, 0.2) is 0 Å². The summed E-state index contributed by atoms with van der Waals surface area (Å²) in [6.45, 7) is 3.92. The van der Waals surface area contributed by atoms with Crippen LogP contribution in [-0.4, -0.2) is 5.97 Å². The van der Waals surface area contributed by atoms with Crippen molar-refractivity contribution >= 4 is 5.97 Å². The van der Waals surface area contributed by atoms with Crippen LogP contribution in [-0.2, 0) is 4.79 Å². The van der Waals surface area contributed by atoms with Crippen LogP contribution in [0.4, 0.5) is 0 Å². The first kappa shape index (κ1) is 3.47. The number of carboxylic acid groups (broad SMARTS) is 1. The topological polar surface area (TPSA) is 40.1 Å². The van der Waals surface area contributed by atoms with Gasteiger partial charge in [-0.2, -0.15) is 0 Å². The Bertz CT molecular complexity index is 27.0. The third-order valence-electron chi connectivity index (χ3n) is 0. The van der Waals surface area contributed by atoms with E-state index < -0.39 is 5.97 Å². The van der Waals surface area contributed by atoms with Crippen LogP contribution in [0.3, 0.4) is 0 Å². The molecule has 0 amide bonds. The number of hydrogen-bond donors (Lipinski definition) is 0. The Balaban J connectivity index is 2.80. The van der Waals surface area contributed by atoms with Crippen molar-refractivity contribution in [2.45, 2.75) is 0 Å². The lowest BCUT2D eigenvalue weighted by Gasteiger charge is -1.76. The van der Waals surface area contributed by atoms with Crippen LogP contribution in [0.2, 0.25) is 0 Å². The lowest BCUT2D eigenvalue weighted by atomic mass is 10.9. The van der Waals surface area contributed by atoms with Crippen LogP contribution in [0.25, 0.3) is 0 Å². The fourth-order valence-electron chi connectivity index (χ4n) is 0. The Morgan fingerprint density at radius 2 is 2.00 bits per heavy atom. The summed E-state index contributed by atoms with van der Waals surface area (Å²) in [5.41, 5.74) is 0. The number of hydrogen-bond acceptors (Lipinski definition) is 2. The molecule has 2 heteroatoms. The highest BCUT2D eigenvalue weighted by molar-refractivity contribution is 5.68. The summed E-state index contributed by atoms with van der Waals surface area (Å²) < 4.78 is 0. The zero-order chi connectivity index (χ0) is 3.58. The summed E-state index contributed by atoms with van der Waals surface area (Å²) in [7, 11) is 0. The van der Waals surface area contributed by atoms with Gasteiger partial charge in [-0.15, -0.1) is 0 Å². The van der Waals surface area contributed by atoms with Crippen LogP contribution in [0.5, 0.6) is 0 Å². The molecule has 0 rings (SSSR count). The molecule has 0 saturated heterocycles. The first-order chi connectivity index (χ1) is 1.73. The second kappa shape index (κ2) is 0.875. The molecule has 0 fully saturated rings. The molecule has 0 aromatic carbocycles. The number of rotatable bonds is 0. The van der Waals surface area contributed by atoms with Crippen molar-refractivity contribution < 1.29 is 9.90 Å². The van der Waals surface area contributed by atoms with E-state index in [9.17, 15) is 0 Å². The Hall–Kier alpha value is -0.530. The highest BCUT2D eigenvalue weighted by Gasteiger charge is 1.47. The molecule has 0 aliphatic heterocycles. The number of carbonyl (C=O) groups is 1. The van der Waals surface area contributed by atoms with Crippen molar-refractivity contribution in [1.29, 1.82) is 0 Å². The predicted octanol–water partition coefficient (Wildman–Crippen LogP) is -1.55. The van der Waals surface area contributed by atoms with Crippen molar-refractivity contribution in [3.05, 3.63) is 6.92 Å². The highest BCUT2D eigenvalue weighted by Crippen LogP contribution is 1.29. The average Bonchev–Trinajstić information content (AvgIpc) is 0.811. The van der Waals surface area contributed by atoms with E-state index in [-0.39, 0.29) is 0 Å². The molecule has 0 atom stereocenters. The van der Waals surface area contributed by atoms with E-state index in [1.54, 1.807) is 0 Å². The van der Waals surface area contributed by atoms with E-state index in [1.165, 1.54) is 0 Å². The fraction of sp³-hybridized carbons (Fsp3) is 0. The molecule has 0 aromatic heterocycles. The first-order valence-corrected chi connectivity index (χ1v) is 0.697. The smallest absolute Gasteiger partial charge is 0.0458 e. The van der Waals surface area contributed by atoms with E-state index in [0.717, 1.165) is 0 Å². The first-order valence-electron chi connectivity index (χ1n) is 0.697. The molecule has 4 heavy (non-hydrogen) atoms. The summed E-state index contributed by atoms with van der Waals surface area (Å²) in [6.07, 6.45) is 0. The van der Waals surface area contributed by atoms with Gasteiger partial charge in [0.1, 0.15) is 0 Å². The third kappa shape index (κ3) is 1.16. The van der Waals surface area contributed by atoms with E-state index in [4.69, 9.17) is 9.90 Å². The van der Waals surface area contributed by atoms with Crippen molar-refractivity contribution in [3.63, 3.8) is 0 Å². The van der Waals surface area contributed by atoms with Gasteiger partial charge in [0.05, 0.1) is 0 Å². The Morgan fingerprint density at radius 3 is 2.00 bits per heavy atom. The van der Waals surface area contributed by atoms with Crippen LogP contribution in [0.15, 0.2) is 0 Å². The minimum Gasteiger partial charge on any atom is -0.550 e. The minimum absolute atomic E-state index is 1.58. The zero-order valence-electron chi connectivity index (χ0n) is 1.89.